The molecule has 0 fully saturated rings. The van der Waals surface area contributed by atoms with Crippen LogP contribution < -0.4 is 9.47 Å². The molecule has 4 rings (SSSR count). The van der Waals surface area contributed by atoms with E-state index in [9.17, 15) is 4.79 Å². The lowest BCUT2D eigenvalue weighted by Gasteiger charge is -2.23. The second-order valence-electron chi connectivity index (χ2n) is 6.81. The number of thioether (sulfide) groups is 1. The smallest absolute Gasteiger partial charge is 0.283 e. The molecule has 1 aromatic heterocycles. The molecule has 0 bridgehead atoms. The van der Waals surface area contributed by atoms with Crippen molar-refractivity contribution in [1.82, 2.24) is 9.47 Å². The van der Waals surface area contributed by atoms with Gasteiger partial charge in [0.05, 0.1) is 37.4 Å². The van der Waals surface area contributed by atoms with E-state index < -0.39 is 5.91 Å². The lowest BCUT2D eigenvalue weighted by molar-refractivity contribution is -0.114. The molecule has 2 aliphatic heterocycles. The molecule has 0 spiro atoms. The Morgan fingerprint density at radius 1 is 1.19 bits per heavy atom. The zero-order valence-corrected chi connectivity index (χ0v) is 19.3. The number of rotatable bonds is 4. The van der Waals surface area contributed by atoms with Crippen LogP contribution in [-0.4, -0.2) is 52.0 Å². The Kier molecular flexibility index (Phi) is 5.67. The first kappa shape index (κ1) is 21.3. The quantitative estimate of drug-likeness (QED) is 0.552. The van der Waals surface area contributed by atoms with Crippen LogP contribution in [-0.2, 0) is 4.79 Å². The molecule has 0 saturated carbocycles. The number of nitrogens with one attached hydrogen (secondary N) is 1. The minimum Gasteiger partial charge on any atom is -0.497 e. The van der Waals surface area contributed by atoms with E-state index in [1.165, 1.54) is 11.8 Å². The largest absolute Gasteiger partial charge is 0.497 e. The number of aliphatic imine (C=N–C) groups is 1. The van der Waals surface area contributed by atoms with Crippen LogP contribution in [0.2, 0.25) is 0 Å². The molecular formula is C21H21N5O3S2. The number of aryl methyl sites for hydroxylation is 1. The van der Waals surface area contributed by atoms with Gasteiger partial charge in [0, 0.05) is 17.5 Å². The van der Waals surface area contributed by atoms with Crippen molar-refractivity contribution in [1.29, 1.82) is 5.41 Å². The predicted molar refractivity (Wildman–Crippen MR) is 127 cm³/mol. The normalized spacial score (nSPS) is 17.1. The first-order chi connectivity index (χ1) is 14.9. The maximum Gasteiger partial charge on any atom is 0.283 e. The van der Waals surface area contributed by atoms with Crippen LogP contribution in [0.4, 0.5) is 0 Å². The molecule has 0 atom stereocenters. The van der Waals surface area contributed by atoms with Gasteiger partial charge in [-0.3, -0.25) is 10.2 Å². The zero-order chi connectivity index (χ0) is 22.3. The van der Waals surface area contributed by atoms with E-state index in [0.29, 0.717) is 21.8 Å². The van der Waals surface area contributed by atoms with Gasteiger partial charge in [0.25, 0.3) is 5.91 Å². The number of methoxy groups -OCH3 is 2. The number of ether oxygens (including phenoxy) is 2. The molecule has 10 heteroatoms. The molecule has 0 aliphatic carbocycles. The van der Waals surface area contributed by atoms with Gasteiger partial charge in [0.2, 0.25) is 5.17 Å². The van der Waals surface area contributed by atoms with Gasteiger partial charge in [0.1, 0.15) is 17.3 Å². The highest BCUT2D eigenvalue weighted by Crippen LogP contribution is 2.34. The number of amidine groups is 3. The van der Waals surface area contributed by atoms with Gasteiger partial charge in [-0.15, -0.1) is 0 Å². The monoisotopic (exact) mass is 455 g/mol. The number of carbonyl (C=O) groups is 1. The Morgan fingerprint density at radius 2 is 1.97 bits per heavy atom. The topological polar surface area (TPSA) is 92.3 Å². The molecular weight excluding hydrogens is 434 g/mol. The molecule has 0 saturated heterocycles. The SMILES string of the molecule is COc1ccc(OC)c(-n2c(C)cc(/C=C3/C(=N)N4C(SC)=NSC4=NC3=O)c2C)c1. The molecule has 8 nitrogen and oxygen atoms in total. The maximum absolute atomic E-state index is 12.7. The zero-order valence-electron chi connectivity index (χ0n) is 17.7. The Hall–Kier alpha value is -2.98. The Bertz CT molecular complexity index is 1200. The van der Waals surface area contributed by atoms with Crippen LogP contribution in [0.3, 0.4) is 0 Å². The molecule has 31 heavy (non-hydrogen) atoms. The lowest BCUT2D eigenvalue weighted by Crippen LogP contribution is -2.41. The van der Waals surface area contributed by atoms with Gasteiger partial charge in [-0.05, 0) is 49.9 Å². The van der Waals surface area contributed by atoms with E-state index in [1.807, 2.05) is 48.9 Å². The number of benzene rings is 1. The second-order valence-corrected chi connectivity index (χ2v) is 8.31. The van der Waals surface area contributed by atoms with Gasteiger partial charge >= 0.3 is 0 Å². The first-order valence-electron chi connectivity index (χ1n) is 9.33. The molecule has 0 unspecified atom stereocenters. The number of hydrogen-bond acceptors (Lipinski definition) is 7. The Morgan fingerprint density at radius 3 is 2.65 bits per heavy atom. The van der Waals surface area contributed by atoms with E-state index >= 15 is 0 Å². The van der Waals surface area contributed by atoms with Crippen LogP contribution in [0.1, 0.15) is 17.0 Å². The van der Waals surface area contributed by atoms with Crippen LogP contribution >= 0.6 is 23.7 Å². The fourth-order valence-corrected chi connectivity index (χ4v) is 5.02. The van der Waals surface area contributed by atoms with E-state index in [1.54, 1.807) is 25.2 Å². The van der Waals surface area contributed by atoms with Crippen molar-refractivity contribution < 1.29 is 14.3 Å². The third-order valence-electron chi connectivity index (χ3n) is 5.07. The summed E-state index contributed by atoms with van der Waals surface area (Å²) in [5.74, 6) is 1.05. The number of hydrogen-bond donors (Lipinski definition) is 1. The number of amides is 1. The third-order valence-corrected chi connectivity index (χ3v) is 6.53. The van der Waals surface area contributed by atoms with Gasteiger partial charge in [0.15, 0.2) is 5.17 Å². The van der Waals surface area contributed by atoms with Crippen molar-refractivity contribution in [3.63, 3.8) is 0 Å². The van der Waals surface area contributed by atoms with Crippen molar-refractivity contribution in [2.45, 2.75) is 13.8 Å². The number of aromatic nitrogens is 1. The van der Waals surface area contributed by atoms with Crippen LogP contribution in [0.5, 0.6) is 11.5 Å². The summed E-state index contributed by atoms with van der Waals surface area (Å²) in [6, 6.07) is 7.58. The summed E-state index contributed by atoms with van der Waals surface area (Å²) < 4.78 is 17.3. The number of carbonyl (C=O) groups excluding carboxylic acids is 1. The van der Waals surface area contributed by atoms with Crippen LogP contribution in [0, 0.1) is 19.3 Å². The van der Waals surface area contributed by atoms with E-state index in [0.717, 1.165) is 34.6 Å². The molecule has 1 aromatic carbocycles. The maximum atomic E-state index is 12.7. The summed E-state index contributed by atoms with van der Waals surface area (Å²) in [5, 5.41) is 9.66. The molecule has 160 valence electrons. The fraction of sp³-hybridized carbons (Fsp3) is 0.238. The summed E-state index contributed by atoms with van der Waals surface area (Å²) in [7, 11) is 3.24. The number of nitrogens with zero attached hydrogens (tertiary/aromatic N) is 4. The summed E-state index contributed by atoms with van der Waals surface area (Å²) >= 11 is 2.52. The van der Waals surface area contributed by atoms with Gasteiger partial charge < -0.3 is 14.0 Å². The van der Waals surface area contributed by atoms with Crippen molar-refractivity contribution in [2.75, 3.05) is 20.5 Å². The average molecular weight is 456 g/mol. The minimum absolute atomic E-state index is 0.0804. The summed E-state index contributed by atoms with van der Waals surface area (Å²) in [6.07, 6.45) is 3.60. The van der Waals surface area contributed by atoms with Crippen LogP contribution in [0.25, 0.3) is 11.8 Å². The average Bonchev–Trinajstić information content (AvgIpc) is 3.30. The first-order valence-corrected chi connectivity index (χ1v) is 11.3. The summed E-state index contributed by atoms with van der Waals surface area (Å²) in [5.41, 5.74) is 3.74. The molecule has 1 amide bonds. The summed E-state index contributed by atoms with van der Waals surface area (Å²) in [4.78, 5) is 18.4. The highest BCUT2D eigenvalue weighted by molar-refractivity contribution is 8.18. The van der Waals surface area contributed by atoms with Crippen LogP contribution in [0.15, 0.2) is 39.2 Å². The standard InChI is InChI=1S/C21H21N5O3S2/c1-11-8-13(12(2)25(11)16-10-14(28-3)6-7-17(16)29-4)9-15-18(22)26-20(23-19(15)27)31-24-21(26)30-5/h6-10,22H,1-5H3/b15-9-,22-18?. The van der Waals surface area contributed by atoms with Gasteiger partial charge in [-0.25, -0.2) is 4.90 Å². The van der Waals surface area contributed by atoms with E-state index in [2.05, 4.69) is 9.39 Å². The van der Waals surface area contributed by atoms with Gasteiger partial charge in [-0.2, -0.15) is 9.39 Å². The molecule has 0 radical (unpaired) electrons. The van der Waals surface area contributed by atoms with Crippen molar-refractivity contribution in [3.05, 3.63) is 46.8 Å². The predicted octanol–water partition coefficient (Wildman–Crippen LogP) is 4.05. The lowest BCUT2D eigenvalue weighted by atomic mass is 10.1. The molecule has 2 aliphatic rings. The number of fused-ring (bicyclic) bond motifs is 1. The Labute approximate surface area is 188 Å². The highest BCUT2D eigenvalue weighted by atomic mass is 32.2. The van der Waals surface area contributed by atoms with E-state index in [4.69, 9.17) is 14.9 Å². The third kappa shape index (κ3) is 3.55. The molecule has 2 aromatic rings. The molecule has 3 heterocycles. The minimum atomic E-state index is -0.440. The van der Waals surface area contributed by atoms with Crippen molar-refractivity contribution in [3.8, 4) is 17.2 Å². The van der Waals surface area contributed by atoms with E-state index in [-0.39, 0.29) is 11.4 Å². The summed E-state index contributed by atoms with van der Waals surface area (Å²) in [6.45, 7) is 3.94. The van der Waals surface area contributed by atoms with Gasteiger partial charge in [-0.1, -0.05) is 11.8 Å². The Balaban J connectivity index is 1.80. The fourth-order valence-electron chi connectivity index (χ4n) is 3.56. The van der Waals surface area contributed by atoms with Crippen molar-refractivity contribution >= 4 is 51.9 Å². The second kappa shape index (κ2) is 8.27. The van der Waals surface area contributed by atoms with Crippen molar-refractivity contribution in [2.24, 2.45) is 9.39 Å². The highest BCUT2D eigenvalue weighted by Gasteiger charge is 2.37. The molecule has 1 N–H and O–H groups in total.